The van der Waals surface area contributed by atoms with E-state index in [1.54, 1.807) is 42.5 Å². The molecule has 3 aromatic rings. The van der Waals surface area contributed by atoms with Crippen molar-refractivity contribution in [3.05, 3.63) is 92.3 Å². The Kier molecular flexibility index (Phi) is 6.88. The molecular weight excluding hydrogens is 460 g/mol. The second-order valence-electron chi connectivity index (χ2n) is 8.38. The Labute approximate surface area is 206 Å². The van der Waals surface area contributed by atoms with Crippen molar-refractivity contribution >= 4 is 40.0 Å². The van der Waals surface area contributed by atoms with Crippen LogP contribution in [0.4, 0.5) is 5.69 Å². The number of benzene rings is 2. The number of esters is 1. The lowest BCUT2D eigenvalue weighted by molar-refractivity contribution is -0.384. The zero-order chi connectivity index (χ0) is 25.8. The summed E-state index contributed by atoms with van der Waals surface area (Å²) in [6, 6.07) is 15.2. The van der Waals surface area contributed by atoms with Gasteiger partial charge in [-0.2, -0.15) is 5.26 Å². The third-order valence-corrected chi connectivity index (χ3v) is 5.92. The van der Waals surface area contributed by atoms with E-state index in [1.165, 1.54) is 19.1 Å². The van der Waals surface area contributed by atoms with Crippen molar-refractivity contribution in [1.82, 2.24) is 4.98 Å². The average Bonchev–Trinajstić information content (AvgIpc) is 2.86. The number of non-ortho nitro benzene ring substituents is 1. The Morgan fingerprint density at radius 2 is 2.00 bits per heavy atom. The molecule has 0 saturated heterocycles. The van der Waals surface area contributed by atoms with E-state index >= 15 is 0 Å². The lowest BCUT2D eigenvalue weighted by Crippen LogP contribution is -2.20. The number of pyridine rings is 1. The minimum absolute atomic E-state index is 0.0145. The zero-order valence-electron chi connectivity index (χ0n) is 19.5. The van der Waals surface area contributed by atoms with Crippen LogP contribution in [0.1, 0.15) is 46.9 Å². The lowest BCUT2D eigenvalue weighted by atomic mass is 9.86. The molecule has 0 unspecified atom stereocenters. The second-order valence-corrected chi connectivity index (χ2v) is 8.38. The second kappa shape index (κ2) is 10.2. The van der Waals surface area contributed by atoms with E-state index in [0.717, 1.165) is 12.0 Å². The molecule has 0 aliphatic heterocycles. The predicted molar refractivity (Wildman–Crippen MR) is 133 cm³/mol. The van der Waals surface area contributed by atoms with Crippen LogP contribution in [0.25, 0.3) is 22.6 Å². The fourth-order valence-electron chi connectivity index (χ4n) is 4.28. The van der Waals surface area contributed by atoms with Gasteiger partial charge in [-0.15, -0.1) is 0 Å². The highest BCUT2D eigenvalue weighted by Crippen LogP contribution is 2.36. The molecule has 1 aliphatic rings. The number of nitriles is 1. The lowest BCUT2D eigenvalue weighted by Gasteiger charge is -2.22. The van der Waals surface area contributed by atoms with Crippen molar-refractivity contribution in [3.8, 4) is 6.07 Å². The maximum absolute atomic E-state index is 13.3. The quantitative estimate of drug-likeness (QED) is 0.177. The van der Waals surface area contributed by atoms with Crippen LogP contribution in [0.2, 0.25) is 0 Å². The number of fused-ring (bicyclic) bond motifs is 2. The van der Waals surface area contributed by atoms with Gasteiger partial charge in [0, 0.05) is 23.2 Å². The van der Waals surface area contributed by atoms with Crippen molar-refractivity contribution in [2.24, 2.45) is 5.73 Å². The standard InChI is InChI=1S/C27H22N4O5/c1-16(29)22(14-28)24(32)15-36-27(33)25-20-9-2-3-11-23(20)30-26-18(7-5-10-21(25)26)12-17-6-4-8-19(13-17)31(34)35/h2-4,6,8-9,11-13H,5,7,10,15,29H2,1H3/b18-12+,22-16-. The number of nitro groups is 1. The third kappa shape index (κ3) is 4.83. The van der Waals surface area contributed by atoms with E-state index in [2.05, 4.69) is 0 Å². The molecule has 1 heterocycles. The van der Waals surface area contributed by atoms with Crippen LogP contribution >= 0.6 is 0 Å². The number of carbonyl (C=O) groups is 2. The molecular formula is C27H22N4O5. The van der Waals surface area contributed by atoms with Gasteiger partial charge in [-0.25, -0.2) is 9.78 Å². The summed E-state index contributed by atoms with van der Waals surface area (Å²) in [5.74, 6) is -1.37. The molecule has 0 amide bonds. The number of ketones is 1. The fraction of sp³-hybridized carbons (Fsp3) is 0.185. The summed E-state index contributed by atoms with van der Waals surface area (Å²) in [7, 11) is 0. The van der Waals surface area contributed by atoms with E-state index in [9.17, 15) is 19.7 Å². The zero-order valence-corrected chi connectivity index (χ0v) is 19.5. The molecule has 1 aliphatic carbocycles. The number of allylic oxidation sites excluding steroid dienone is 2. The summed E-state index contributed by atoms with van der Waals surface area (Å²) in [6.07, 6.45) is 3.84. The maximum Gasteiger partial charge on any atom is 0.339 e. The van der Waals surface area contributed by atoms with E-state index < -0.39 is 23.3 Å². The largest absolute Gasteiger partial charge is 0.454 e. The summed E-state index contributed by atoms with van der Waals surface area (Å²) in [5, 5.41) is 20.9. The number of ether oxygens (including phenoxy) is 1. The first-order chi connectivity index (χ1) is 17.3. The van der Waals surface area contributed by atoms with Crippen molar-refractivity contribution in [2.75, 3.05) is 6.61 Å². The SMILES string of the molecule is C/C(N)=C(\C#N)C(=O)COC(=O)c1c2c(nc3ccccc13)/C(=C/c1cccc([N+](=O)[O-])c1)CCC2. The van der Waals surface area contributed by atoms with Gasteiger partial charge in [0.15, 0.2) is 6.61 Å². The first kappa shape index (κ1) is 24.3. The normalized spacial score (nSPS) is 14.5. The van der Waals surface area contributed by atoms with Gasteiger partial charge in [-0.1, -0.05) is 30.3 Å². The predicted octanol–water partition coefficient (Wildman–Crippen LogP) is 4.50. The number of hydrogen-bond donors (Lipinski definition) is 1. The topological polar surface area (TPSA) is 149 Å². The molecule has 9 heteroatoms. The molecule has 0 bridgehead atoms. The van der Waals surface area contributed by atoms with Gasteiger partial charge in [-0.05, 0) is 55.0 Å². The highest BCUT2D eigenvalue weighted by Gasteiger charge is 2.27. The van der Waals surface area contributed by atoms with Crippen molar-refractivity contribution in [3.63, 3.8) is 0 Å². The Bertz CT molecular complexity index is 1510. The molecule has 180 valence electrons. The summed E-state index contributed by atoms with van der Waals surface area (Å²) in [6.45, 7) is 0.818. The molecule has 2 N–H and O–H groups in total. The number of Topliss-reactive ketones (excluding diaryl/α,β-unsaturated/α-hetero) is 1. The molecule has 1 aromatic heterocycles. The van der Waals surface area contributed by atoms with Crippen molar-refractivity contribution < 1.29 is 19.2 Å². The van der Waals surface area contributed by atoms with Crippen molar-refractivity contribution in [1.29, 1.82) is 5.26 Å². The van der Waals surface area contributed by atoms with Crippen LogP contribution in [0.5, 0.6) is 0 Å². The fourth-order valence-corrected chi connectivity index (χ4v) is 4.28. The molecule has 0 spiro atoms. The van der Waals surface area contributed by atoms with Gasteiger partial charge in [0.2, 0.25) is 5.78 Å². The monoisotopic (exact) mass is 482 g/mol. The average molecular weight is 482 g/mol. The van der Waals surface area contributed by atoms with Gasteiger partial charge in [-0.3, -0.25) is 14.9 Å². The molecule has 0 radical (unpaired) electrons. The first-order valence-electron chi connectivity index (χ1n) is 11.2. The van der Waals surface area contributed by atoms with Crippen LogP contribution in [-0.4, -0.2) is 28.3 Å². The smallest absolute Gasteiger partial charge is 0.339 e. The number of nitrogens with two attached hydrogens (primary N) is 1. The number of nitrogens with zero attached hydrogens (tertiary/aromatic N) is 3. The van der Waals surface area contributed by atoms with E-state index in [1.807, 2.05) is 6.08 Å². The molecule has 9 nitrogen and oxygen atoms in total. The number of aromatic nitrogens is 1. The van der Waals surface area contributed by atoms with Crippen LogP contribution in [0.3, 0.4) is 0 Å². The Hall–Kier alpha value is -4.84. The van der Waals surface area contributed by atoms with E-state index in [4.69, 9.17) is 20.7 Å². The number of nitro benzene ring substituents is 1. The van der Waals surface area contributed by atoms with Crippen LogP contribution < -0.4 is 5.73 Å². The third-order valence-electron chi connectivity index (χ3n) is 5.92. The van der Waals surface area contributed by atoms with Crippen LogP contribution in [0, 0.1) is 21.4 Å². The van der Waals surface area contributed by atoms with E-state index in [0.29, 0.717) is 46.1 Å². The summed E-state index contributed by atoms with van der Waals surface area (Å²) < 4.78 is 5.34. The van der Waals surface area contributed by atoms with Crippen LogP contribution in [0.15, 0.2) is 59.8 Å². The number of para-hydroxylation sites is 1. The molecule has 0 saturated carbocycles. The minimum Gasteiger partial charge on any atom is -0.454 e. The summed E-state index contributed by atoms with van der Waals surface area (Å²) in [4.78, 5) is 41.2. The number of hydrogen-bond acceptors (Lipinski definition) is 8. The summed E-state index contributed by atoms with van der Waals surface area (Å²) in [5.41, 5.74) is 9.10. The Morgan fingerprint density at radius 1 is 1.22 bits per heavy atom. The van der Waals surface area contributed by atoms with Gasteiger partial charge in [0.1, 0.15) is 11.6 Å². The highest BCUT2D eigenvalue weighted by molar-refractivity contribution is 6.08. The number of rotatable bonds is 6. The minimum atomic E-state index is -0.693. The van der Waals surface area contributed by atoms with E-state index in [-0.39, 0.29) is 17.0 Å². The molecule has 36 heavy (non-hydrogen) atoms. The van der Waals surface area contributed by atoms with Crippen molar-refractivity contribution in [2.45, 2.75) is 26.2 Å². The maximum atomic E-state index is 13.3. The molecule has 0 atom stereocenters. The molecule has 4 rings (SSSR count). The highest BCUT2D eigenvalue weighted by atomic mass is 16.6. The number of carbonyl (C=O) groups excluding carboxylic acids is 2. The van der Waals surface area contributed by atoms with Gasteiger partial charge >= 0.3 is 5.97 Å². The Balaban J connectivity index is 1.78. The summed E-state index contributed by atoms with van der Waals surface area (Å²) >= 11 is 0. The molecule has 0 fully saturated rings. The van der Waals surface area contributed by atoms with Gasteiger partial charge < -0.3 is 10.5 Å². The Morgan fingerprint density at radius 3 is 2.72 bits per heavy atom. The van der Waals surface area contributed by atoms with Gasteiger partial charge in [0.05, 0.1) is 21.7 Å². The first-order valence-corrected chi connectivity index (χ1v) is 11.2. The van der Waals surface area contributed by atoms with Gasteiger partial charge in [0.25, 0.3) is 5.69 Å². The molecule has 2 aromatic carbocycles. The van der Waals surface area contributed by atoms with Crippen LogP contribution in [-0.2, 0) is 16.0 Å².